The third kappa shape index (κ3) is 24.3. The van der Waals surface area contributed by atoms with Crippen molar-refractivity contribution in [1.29, 1.82) is 0 Å². The van der Waals surface area contributed by atoms with Crippen LogP contribution in [0.2, 0.25) is 0 Å². The second kappa shape index (κ2) is 36.5. The molecule has 33 nitrogen and oxygen atoms in total. The molecule has 1 heterocycles. The lowest BCUT2D eigenvalue weighted by atomic mass is 10.0. The summed E-state index contributed by atoms with van der Waals surface area (Å²) in [5.74, 6) is -15.8. The van der Waals surface area contributed by atoms with Gasteiger partial charge in [0, 0.05) is 49.2 Å². The van der Waals surface area contributed by atoms with Gasteiger partial charge in [-0.2, -0.15) is 0 Å². The van der Waals surface area contributed by atoms with Gasteiger partial charge in [-0.25, -0.2) is 4.79 Å². The first-order valence-electron chi connectivity index (χ1n) is 30.6. The zero-order chi connectivity index (χ0) is 71.8. The molecular formula is C64H82N14O19. The topological polar surface area (TPSA) is 571 Å². The lowest BCUT2D eigenvalue weighted by Crippen LogP contribution is -2.63. The van der Waals surface area contributed by atoms with E-state index < -0.39 is 194 Å². The Hall–Kier alpha value is -11.2. The average Bonchev–Trinajstić information content (AvgIpc) is 1.76. The Balaban J connectivity index is 1.43. The smallest absolute Gasteiger partial charge is 0.326 e. The highest BCUT2D eigenvalue weighted by atomic mass is 16.4. The molecule has 0 aliphatic heterocycles. The molecule has 24 N–H and O–H groups in total. The number of aromatic hydroxyl groups is 3. The maximum atomic E-state index is 14.6. The van der Waals surface area contributed by atoms with E-state index in [1.807, 2.05) is 0 Å². The molecule has 4 aromatic carbocycles. The molecule has 12 amide bonds. The third-order valence-electron chi connectivity index (χ3n) is 15.3. The molecule has 0 radical (unpaired) electrons. The summed E-state index contributed by atoms with van der Waals surface area (Å²) in [5.41, 5.74) is 24.8. The number of amides is 12. The molecule has 11 atom stereocenters. The molecule has 97 heavy (non-hydrogen) atoms. The summed E-state index contributed by atoms with van der Waals surface area (Å²) in [5, 5.41) is 82.8. The molecule has 0 bridgehead atoms. The first kappa shape index (κ1) is 76.5. The van der Waals surface area contributed by atoms with Crippen molar-refractivity contribution in [3.05, 3.63) is 126 Å². The largest absolute Gasteiger partial charge is 0.508 e. The molecule has 0 spiro atoms. The number of para-hydroxylation sites is 1. The molecule has 0 saturated carbocycles. The quantitative estimate of drug-likeness (QED) is 0.0178. The predicted octanol–water partition coefficient (Wildman–Crippen LogP) is -4.23. The van der Waals surface area contributed by atoms with Gasteiger partial charge in [0.2, 0.25) is 70.9 Å². The average molecular weight is 1350 g/mol. The number of H-pyrrole nitrogens is 1. The Morgan fingerprint density at radius 1 is 0.433 bits per heavy atom. The maximum Gasteiger partial charge on any atom is 0.326 e. The Morgan fingerprint density at radius 2 is 0.804 bits per heavy atom. The van der Waals surface area contributed by atoms with E-state index >= 15 is 0 Å². The summed E-state index contributed by atoms with van der Waals surface area (Å²) in [6.07, 6.45) is -4.58. The molecule has 0 saturated heterocycles. The van der Waals surface area contributed by atoms with Gasteiger partial charge >= 0.3 is 5.97 Å². The predicted molar refractivity (Wildman–Crippen MR) is 345 cm³/mol. The van der Waals surface area contributed by atoms with Gasteiger partial charge < -0.3 is 106 Å². The number of benzene rings is 4. The normalized spacial score (nSPS) is 14.5. The summed E-state index contributed by atoms with van der Waals surface area (Å²) < 4.78 is 0. The minimum atomic E-state index is -2.06. The maximum absolute atomic E-state index is 14.6. The van der Waals surface area contributed by atoms with Crippen molar-refractivity contribution in [3.8, 4) is 17.2 Å². The van der Waals surface area contributed by atoms with Crippen LogP contribution in [0.4, 0.5) is 0 Å². The molecule has 33 heteroatoms. The SMILES string of the molecule is CC(C)[C@H](NC(=O)[C@H](CO)NC(=O)[C@H](Cc1c[nH]c2ccccc12)NC(=O)[C@H](CC(N)=O)NC(=O)[C@@H](NC(=O)[C@H](Cc1ccc(O)cc1)NC(=O)[C@H](CCC(N)=O)NC(=O)[C@H](Cc1ccc(O)cc1)NC(=O)[C@H](CCC(N)=O)NC(=O)[C@@H](N)Cc1ccc(O)cc1)[C@@H](C)O)C(=O)O. The lowest BCUT2D eigenvalue weighted by Gasteiger charge is -2.29. The van der Waals surface area contributed by atoms with Crippen LogP contribution in [-0.2, 0) is 88.0 Å². The van der Waals surface area contributed by atoms with Crippen LogP contribution in [0.1, 0.15) is 75.1 Å². The number of aliphatic hydroxyl groups excluding tert-OH is 2. The summed E-state index contributed by atoms with van der Waals surface area (Å²) in [7, 11) is 0. The summed E-state index contributed by atoms with van der Waals surface area (Å²) in [6, 6.07) is 5.96. The number of nitrogens with two attached hydrogens (primary N) is 4. The molecule has 1 aromatic heterocycles. The number of aromatic amines is 1. The fourth-order valence-corrected chi connectivity index (χ4v) is 9.91. The Labute approximate surface area is 555 Å². The monoisotopic (exact) mass is 1350 g/mol. The number of aliphatic carboxylic acids is 1. The molecule has 0 fully saturated rings. The number of hydrogen-bond donors (Lipinski definition) is 20. The van der Waals surface area contributed by atoms with E-state index in [4.69, 9.17) is 22.9 Å². The van der Waals surface area contributed by atoms with E-state index in [0.717, 1.165) is 6.92 Å². The summed E-state index contributed by atoms with van der Waals surface area (Å²) >= 11 is 0. The number of carbonyl (C=O) groups is 13. The van der Waals surface area contributed by atoms with Gasteiger partial charge in [0.25, 0.3) is 0 Å². The number of aliphatic hydroxyl groups is 2. The van der Waals surface area contributed by atoms with E-state index in [2.05, 4.69) is 52.8 Å². The number of nitrogens with one attached hydrogen (secondary N) is 10. The van der Waals surface area contributed by atoms with Crippen molar-refractivity contribution in [2.45, 2.75) is 145 Å². The highest BCUT2D eigenvalue weighted by Crippen LogP contribution is 2.21. The Bertz CT molecular complexity index is 3620. The Kier molecular flexibility index (Phi) is 28.8. The first-order chi connectivity index (χ1) is 45.8. The van der Waals surface area contributed by atoms with Crippen molar-refractivity contribution in [1.82, 2.24) is 52.8 Å². The van der Waals surface area contributed by atoms with Crippen molar-refractivity contribution >= 4 is 87.8 Å². The molecule has 522 valence electrons. The number of hydrogen-bond acceptors (Lipinski definition) is 19. The van der Waals surface area contributed by atoms with Crippen LogP contribution in [-0.4, -0.2) is 186 Å². The number of phenolic OH excluding ortho intramolecular Hbond substituents is 3. The highest BCUT2D eigenvalue weighted by molar-refractivity contribution is 6.00. The number of carboxylic acid groups (broad SMARTS) is 1. The Morgan fingerprint density at radius 3 is 1.24 bits per heavy atom. The summed E-state index contributed by atoms with van der Waals surface area (Å²) in [6.45, 7) is 3.00. The van der Waals surface area contributed by atoms with E-state index in [1.54, 1.807) is 24.3 Å². The number of aromatic nitrogens is 1. The number of primary amides is 3. The standard InChI is InChI=1S/C64H82N14O19/c1-31(2)53(64(96)97)77-62(94)49(30-79)76-59(91)47(27-36-29-69-42-7-5-4-6-40(36)42)74-60(92)48(28-52(68)86)75-63(95)54(32(3)80)78-61(93)46(26-35-12-18-39(83)19-13-35)73-57(89)44(21-23-51(67)85)71-58(90)45(25-34-10-16-38(82)17-11-34)72-56(88)43(20-22-50(66)84)70-55(87)41(65)24-33-8-14-37(81)15-9-33/h4-19,29,31-32,41,43-49,53-54,69,79-83H,20-28,30,65H2,1-3H3,(H2,66,84)(H2,67,85)(H2,68,86)(H,70,87)(H,71,90)(H,72,88)(H,73,89)(H,74,92)(H,75,95)(H,76,91)(H,77,94)(H,78,93)(H,96,97)/t32-,41+,43+,44+,45+,46+,47+,48+,49+,53+,54+/m1/s1. The van der Waals surface area contributed by atoms with E-state index in [9.17, 15) is 93.0 Å². The molecule has 5 rings (SSSR count). The van der Waals surface area contributed by atoms with Gasteiger partial charge in [-0.05, 0) is 96.8 Å². The van der Waals surface area contributed by atoms with Crippen molar-refractivity contribution in [2.24, 2.45) is 28.9 Å². The van der Waals surface area contributed by atoms with Gasteiger partial charge in [-0.1, -0.05) is 68.4 Å². The minimum absolute atomic E-state index is 0.0505. The number of carbonyl (C=O) groups excluding carboxylic acids is 12. The van der Waals surface area contributed by atoms with E-state index in [-0.39, 0.29) is 42.1 Å². The number of rotatable bonds is 38. The molecular weight excluding hydrogens is 1270 g/mol. The van der Waals surface area contributed by atoms with Crippen LogP contribution in [0, 0.1) is 5.92 Å². The minimum Gasteiger partial charge on any atom is -0.508 e. The highest BCUT2D eigenvalue weighted by Gasteiger charge is 2.38. The second-order valence-electron chi connectivity index (χ2n) is 23.4. The summed E-state index contributed by atoms with van der Waals surface area (Å²) in [4.78, 5) is 179. The van der Waals surface area contributed by atoms with Crippen LogP contribution in [0.3, 0.4) is 0 Å². The molecule has 0 aliphatic rings. The van der Waals surface area contributed by atoms with Gasteiger partial charge in [-0.3, -0.25) is 57.5 Å². The number of fused-ring (bicyclic) bond motifs is 1. The second-order valence-corrected chi connectivity index (χ2v) is 23.4. The fraction of sp³-hybridized carbons (Fsp3) is 0.391. The number of carboxylic acids is 1. The van der Waals surface area contributed by atoms with Crippen LogP contribution in [0.25, 0.3) is 10.9 Å². The van der Waals surface area contributed by atoms with Crippen molar-refractivity contribution in [2.75, 3.05) is 6.61 Å². The van der Waals surface area contributed by atoms with Crippen LogP contribution >= 0.6 is 0 Å². The van der Waals surface area contributed by atoms with Crippen LogP contribution < -0.4 is 70.8 Å². The van der Waals surface area contributed by atoms with Gasteiger partial charge in [0.05, 0.1) is 25.2 Å². The molecule has 5 aromatic rings. The van der Waals surface area contributed by atoms with Crippen LogP contribution in [0.15, 0.2) is 103 Å². The zero-order valence-corrected chi connectivity index (χ0v) is 53.1. The number of phenols is 3. The van der Waals surface area contributed by atoms with Gasteiger partial charge in [-0.15, -0.1) is 0 Å². The fourth-order valence-electron chi connectivity index (χ4n) is 9.91. The van der Waals surface area contributed by atoms with Crippen LogP contribution in [0.5, 0.6) is 17.2 Å². The van der Waals surface area contributed by atoms with Gasteiger partial charge in [0.1, 0.15) is 71.6 Å². The first-order valence-corrected chi connectivity index (χ1v) is 30.6. The third-order valence-corrected chi connectivity index (χ3v) is 15.3. The van der Waals surface area contributed by atoms with E-state index in [0.29, 0.717) is 27.6 Å². The van der Waals surface area contributed by atoms with Gasteiger partial charge in [0.15, 0.2) is 0 Å². The molecule has 0 aliphatic carbocycles. The van der Waals surface area contributed by atoms with Crippen molar-refractivity contribution in [3.63, 3.8) is 0 Å². The lowest BCUT2D eigenvalue weighted by molar-refractivity contribution is -0.144. The van der Waals surface area contributed by atoms with Crippen molar-refractivity contribution < 1.29 is 93.0 Å². The van der Waals surface area contributed by atoms with E-state index in [1.165, 1.54) is 92.8 Å². The zero-order valence-electron chi connectivity index (χ0n) is 53.1. The molecule has 0 unspecified atom stereocenters.